The molecular weight excluding hydrogens is 627 g/mol. The Morgan fingerprint density at radius 2 is 0.962 bits per heavy atom. The second-order valence-electron chi connectivity index (χ2n) is 17.1. The van der Waals surface area contributed by atoms with Gasteiger partial charge in [-0.2, -0.15) is 0 Å². The molecule has 0 atom stereocenters. The van der Waals surface area contributed by atoms with Crippen molar-refractivity contribution in [1.29, 1.82) is 0 Å². The Bertz CT molecular complexity index is 2410. The van der Waals surface area contributed by atoms with Crippen LogP contribution in [0.3, 0.4) is 0 Å². The van der Waals surface area contributed by atoms with Gasteiger partial charge in [0, 0.05) is 22.2 Å². The number of hydrogen-bond acceptors (Lipinski definition) is 1. The van der Waals surface area contributed by atoms with Gasteiger partial charge in [-0.05, 0) is 90.4 Å². The van der Waals surface area contributed by atoms with Crippen molar-refractivity contribution in [2.75, 3.05) is 4.90 Å². The van der Waals surface area contributed by atoms with Crippen LogP contribution >= 0.6 is 0 Å². The molecule has 1 aliphatic carbocycles. The predicted molar refractivity (Wildman–Crippen MR) is 224 cm³/mol. The van der Waals surface area contributed by atoms with Crippen molar-refractivity contribution >= 4 is 27.8 Å². The van der Waals surface area contributed by atoms with E-state index in [-0.39, 0.29) is 16.2 Å². The van der Waals surface area contributed by atoms with Crippen LogP contribution < -0.4 is 4.90 Å². The molecule has 0 fully saturated rings. The first-order valence-electron chi connectivity index (χ1n) is 18.7. The lowest BCUT2D eigenvalue weighted by atomic mass is 9.78. The van der Waals surface area contributed by atoms with Crippen molar-refractivity contribution in [3.8, 4) is 33.4 Å². The van der Waals surface area contributed by atoms with Gasteiger partial charge in [0.05, 0.1) is 11.4 Å². The molecule has 0 amide bonds. The van der Waals surface area contributed by atoms with E-state index in [9.17, 15) is 0 Å². The number of nitrogens with zero attached hydrogens (tertiary/aromatic N) is 1. The molecule has 0 bridgehead atoms. The van der Waals surface area contributed by atoms with E-state index in [4.69, 9.17) is 0 Å². The molecule has 1 nitrogen and oxygen atoms in total. The van der Waals surface area contributed by atoms with Crippen LogP contribution in [0.5, 0.6) is 0 Å². The minimum absolute atomic E-state index is 0.0232. The summed E-state index contributed by atoms with van der Waals surface area (Å²) < 4.78 is 0. The molecule has 7 aromatic rings. The summed E-state index contributed by atoms with van der Waals surface area (Å²) in [5, 5.41) is 2.52. The zero-order valence-corrected chi connectivity index (χ0v) is 31.9. The van der Waals surface area contributed by atoms with Gasteiger partial charge in [-0.15, -0.1) is 0 Å². The van der Waals surface area contributed by atoms with Gasteiger partial charge in [-0.25, -0.2) is 0 Å². The summed E-state index contributed by atoms with van der Waals surface area (Å²) in [6, 6.07) is 56.6. The maximum absolute atomic E-state index is 2.49. The van der Waals surface area contributed by atoms with Gasteiger partial charge in [-0.3, -0.25) is 0 Å². The molecule has 8 rings (SSSR count). The highest BCUT2D eigenvalue weighted by atomic mass is 15.1. The summed E-state index contributed by atoms with van der Waals surface area (Å²) in [5.41, 5.74) is 16.5. The third kappa shape index (κ3) is 5.64. The summed E-state index contributed by atoms with van der Waals surface area (Å²) >= 11 is 0. The average molecular weight is 676 g/mol. The number of benzene rings is 7. The lowest BCUT2D eigenvalue weighted by Crippen LogP contribution is -2.16. The van der Waals surface area contributed by atoms with E-state index in [0.717, 1.165) is 11.4 Å². The molecule has 0 N–H and O–H groups in total. The monoisotopic (exact) mass is 675 g/mol. The van der Waals surface area contributed by atoms with Crippen molar-refractivity contribution in [2.24, 2.45) is 0 Å². The van der Waals surface area contributed by atoms with Gasteiger partial charge >= 0.3 is 0 Å². The second-order valence-corrected chi connectivity index (χ2v) is 17.1. The van der Waals surface area contributed by atoms with Gasteiger partial charge < -0.3 is 4.90 Å². The first kappa shape index (κ1) is 33.7. The first-order valence-corrected chi connectivity index (χ1v) is 18.7. The SMILES string of the molecule is CC(C)(C)c1cc(-c2cccc3cccc(-c4ccccc4N(c4ccccc4)c4cccc5c4-c4ccccc4C5(C)C)c23)cc(C(C)(C)C)c1. The van der Waals surface area contributed by atoms with Crippen LogP contribution in [0, 0.1) is 0 Å². The van der Waals surface area contributed by atoms with Gasteiger partial charge in [0.25, 0.3) is 0 Å². The number of fused-ring (bicyclic) bond motifs is 4. The highest BCUT2D eigenvalue weighted by Crippen LogP contribution is 2.55. The fourth-order valence-corrected chi connectivity index (χ4v) is 8.26. The summed E-state index contributed by atoms with van der Waals surface area (Å²) in [7, 11) is 0. The van der Waals surface area contributed by atoms with E-state index >= 15 is 0 Å². The fourth-order valence-electron chi connectivity index (χ4n) is 8.26. The van der Waals surface area contributed by atoms with Crippen molar-refractivity contribution in [3.05, 3.63) is 174 Å². The van der Waals surface area contributed by atoms with Crippen LogP contribution in [0.15, 0.2) is 152 Å². The van der Waals surface area contributed by atoms with Gasteiger partial charge in [0.15, 0.2) is 0 Å². The standard InChI is InChI=1S/C51H49N/c1-49(2,3)36-31-35(32-37(33-36)50(4,5)6)39-25-16-19-34-20-17-26-41(47(34)39)40-23-13-15-29-45(40)52(38-21-10-9-11-22-38)46-30-18-28-44-48(46)42-24-12-14-27-43(42)51(44,7)8/h9-33H,1-8H3. The highest BCUT2D eigenvalue weighted by molar-refractivity contribution is 6.09. The number of hydrogen-bond donors (Lipinski definition) is 0. The lowest BCUT2D eigenvalue weighted by Gasteiger charge is -2.31. The number of para-hydroxylation sites is 2. The van der Waals surface area contributed by atoms with Crippen LogP contribution in [0.2, 0.25) is 0 Å². The van der Waals surface area contributed by atoms with Crippen LogP contribution in [-0.4, -0.2) is 0 Å². The van der Waals surface area contributed by atoms with E-state index < -0.39 is 0 Å². The average Bonchev–Trinajstić information content (AvgIpc) is 3.37. The molecule has 0 saturated carbocycles. The van der Waals surface area contributed by atoms with Gasteiger partial charge in [0.2, 0.25) is 0 Å². The predicted octanol–water partition coefficient (Wildman–Crippen LogP) is 14.5. The minimum Gasteiger partial charge on any atom is -0.309 e. The van der Waals surface area contributed by atoms with Gasteiger partial charge in [0.1, 0.15) is 0 Å². The second kappa shape index (κ2) is 12.4. The molecule has 0 spiro atoms. The maximum atomic E-state index is 2.49. The summed E-state index contributed by atoms with van der Waals surface area (Å²) in [4.78, 5) is 2.49. The molecule has 52 heavy (non-hydrogen) atoms. The molecule has 258 valence electrons. The smallest absolute Gasteiger partial charge is 0.0543 e. The molecule has 0 heterocycles. The normalized spacial score (nSPS) is 13.5. The highest BCUT2D eigenvalue weighted by Gasteiger charge is 2.38. The van der Waals surface area contributed by atoms with E-state index in [1.165, 1.54) is 72.1 Å². The van der Waals surface area contributed by atoms with Crippen LogP contribution in [0.1, 0.15) is 77.6 Å². The molecule has 0 unspecified atom stereocenters. The summed E-state index contributed by atoms with van der Waals surface area (Å²) in [5.74, 6) is 0. The Kier molecular flexibility index (Phi) is 8.03. The van der Waals surface area contributed by atoms with Crippen LogP contribution in [0.4, 0.5) is 17.1 Å². The van der Waals surface area contributed by atoms with E-state index in [1.807, 2.05) is 0 Å². The fraction of sp³-hybridized carbons (Fsp3) is 0.216. The van der Waals surface area contributed by atoms with Crippen molar-refractivity contribution in [3.63, 3.8) is 0 Å². The molecule has 7 aromatic carbocycles. The third-order valence-electron chi connectivity index (χ3n) is 11.2. The zero-order valence-electron chi connectivity index (χ0n) is 31.9. The molecule has 0 aromatic heterocycles. The third-order valence-corrected chi connectivity index (χ3v) is 11.2. The minimum atomic E-state index is -0.0954. The van der Waals surface area contributed by atoms with Crippen LogP contribution in [0.25, 0.3) is 44.2 Å². The van der Waals surface area contributed by atoms with E-state index in [0.29, 0.717) is 0 Å². The first-order chi connectivity index (χ1) is 24.8. The number of anilines is 3. The largest absolute Gasteiger partial charge is 0.309 e. The Morgan fingerprint density at radius 1 is 0.442 bits per heavy atom. The van der Waals surface area contributed by atoms with E-state index in [2.05, 4.69) is 212 Å². The number of rotatable bonds is 5. The summed E-state index contributed by atoms with van der Waals surface area (Å²) in [6.07, 6.45) is 0. The Balaban J connectivity index is 1.41. The molecular formula is C51H49N. The van der Waals surface area contributed by atoms with Gasteiger partial charge in [-0.1, -0.05) is 183 Å². The Morgan fingerprint density at radius 3 is 1.63 bits per heavy atom. The van der Waals surface area contributed by atoms with Crippen molar-refractivity contribution in [1.82, 2.24) is 0 Å². The lowest BCUT2D eigenvalue weighted by molar-refractivity contribution is 0.569. The Labute approximate surface area is 310 Å². The van der Waals surface area contributed by atoms with Crippen molar-refractivity contribution < 1.29 is 0 Å². The zero-order chi connectivity index (χ0) is 36.4. The molecule has 0 radical (unpaired) electrons. The topological polar surface area (TPSA) is 3.24 Å². The maximum Gasteiger partial charge on any atom is 0.0543 e. The molecule has 0 aliphatic heterocycles. The Hall–Kier alpha value is -5.40. The quantitative estimate of drug-likeness (QED) is 0.175. The summed E-state index contributed by atoms with van der Waals surface area (Å²) in [6.45, 7) is 18.6. The molecule has 1 heteroatoms. The van der Waals surface area contributed by atoms with E-state index in [1.54, 1.807) is 0 Å². The van der Waals surface area contributed by atoms with Crippen molar-refractivity contribution in [2.45, 2.75) is 71.6 Å². The molecule has 0 saturated heterocycles. The van der Waals surface area contributed by atoms with Crippen LogP contribution in [-0.2, 0) is 16.2 Å². The molecule has 1 aliphatic rings.